The van der Waals surface area contributed by atoms with Crippen molar-refractivity contribution >= 4 is 33.9 Å². The summed E-state index contributed by atoms with van der Waals surface area (Å²) >= 11 is 6.25. The zero-order valence-electron chi connectivity index (χ0n) is 11.3. The Morgan fingerprint density at radius 1 is 1.32 bits per heavy atom. The van der Waals surface area contributed by atoms with Gasteiger partial charge in [-0.05, 0) is 45.3 Å². The number of nitrogens with zero attached hydrogens (tertiary/aromatic N) is 2. The van der Waals surface area contributed by atoms with Crippen LogP contribution in [-0.4, -0.2) is 37.1 Å². The molecule has 0 fully saturated rings. The Kier molecular flexibility index (Phi) is 4.45. The minimum Gasteiger partial charge on any atom is -0.398 e. The van der Waals surface area contributed by atoms with Crippen molar-refractivity contribution in [1.82, 2.24) is 9.88 Å². The van der Waals surface area contributed by atoms with Crippen molar-refractivity contribution in [3.05, 3.63) is 29.4 Å². The van der Waals surface area contributed by atoms with Gasteiger partial charge in [0.25, 0.3) is 0 Å². The van der Waals surface area contributed by atoms with Crippen LogP contribution in [0.1, 0.15) is 6.42 Å². The Balaban J connectivity index is 2.21. The van der Waals surface area contributed by atoms with Gasteiger partial charge in [0.15, 0.2) is 0 Å². The Morgan fingerprint density at radius 2 is 2.11 bits per heavy atom. The van der Waals surface area contributed by atoms with E-state index in [0.717, 1.165) is 41.8 Å². The van der Waals surface area contributed by atoms with Gasteiger partial charge in [-0.15, -0.1) is 0 Å². The van der Waals surface area contributed by atoms with Crippen molar-refractivity contribution < 1.29 is 0 Å². The van der Waals surface area contributed by atoms with Crippen LogP contribution in [0.3, 0.4) is 0 Å². The highest BCUT2D eigenvalue weighted by Gasteiger charge is 2.08. The van der Waals surface area contributed by atoms with Crippen LogP contribution in [0.2, 0.25) is 5.02 Å². The Bertz CT molecular complexity index is 569. The number of nitrogens with two attached hydrogens (primary N) is 1. The van der Waals surface area contributed by atoms with Crippen molar-refractivity contribution in [2.24, 2.45) is 0 Å². The van der Waals surface area contributed by atoms with E-state index in [1.165, 1.54) is 0 Å². The standard InChI is InChI=1S/C14H19ClN4/c1-19(2)9-3-7-17-14-13-10(6-8-18-14)12(16)5-4-11(13)15/h4-6,8H,3,7,9,16H2,1-2H3,(H,17,18). The van der Waals surface area contributed by atoms with Crippen molar-refractivity contribution in [2.75, 3.05) is 38.2 Å². The van der Waals surface area contributed by atoms with Crippen LogP contribution in [0.5, 0.6) is 0 Å². The lowest BCUT2D eigenvalue weighted by molar-refractivity contribution is 0.405. The largest absolute Gasteiger partial charge is 0.398 e. The zero-order chi connectivity index (χ0) is 13.8. The molecule has 3 N–H and O–H groups in total. The van der Waals surface area contributed by atoms with E-state index in [2.05, 4.69) is 29.3 Å². The summed E-state index contributed by atoms with van der Waals surface area (Å²) in [6.45, 7) is 1.89. The second-order valence-electron chi connectivity index (χ2n) is 4.80. The molecule has 1 aromatic heterocycles. The van der Waals surface area contributed by atoms with Gasteiger partial charge in [-0.1, -0.05) is 11.6 Å². The quantitative estimate of drug-likeness (QED) is 0.652. The van der Waals surface area contributed by atoms with E-state index in [0.29, 0.717) is 5.02 Å². The number of benzene rings is 1. The fourth-order valence-electron chi connectivity index (χ4n) is 2.02. The van der Waals surface area contributed by atoms with Crippen LogP contribution in [0, 0.1) is 0 Å². The number of nitrogens with one attached hydrogen (secondary N) is 1. The summed E-state index contributed by atoms with van der Waals surface area (Å²) in [4.78, 5) is 6.52. The fraction of sp³-hybridized carbons (Fsp3) is 0.357. The van der Waals surface area contributed by atoms with E-state index >= 15 is 0 Å². The van der Waals surface area contributed by atoms with Gasteiger partial charge in [0.1, 0.15) is 5.82 Å². The minimum atomic E-state index is 0.674. The maximum absolute atomic E-state index is 6.25. The lowest BCUT2D eigenvalue weighted by atomic mass is 10.1. The lowest BCUT2D eigenvalue weighted by Gasteiger charge is -2.13. The molecular weight excluding hydrogens is 260 g/mol. The number of fused-ring (bicyclic) bond motifs is 1. The molecule has 0 spiro atoms. The minimum absolute atomic E-state index is 0.674. The van der Waals surface area contributed by atoms with E-state index in [1.54, 1.807) is 6.20 Å². The molecule has 4 nitrogen and oxygen atoms in total. The number of anilines is 2. The topological polar surface area (TPSA) is 54.2 Å². The summed E-state index contributed by atoms with van der Waals surface area (Å²) in [6.07, 6.45) is 2.80. The Hall–Kier alpha value is -1.52. The first-order chi connectivity index (χ1) is 9.09. The molecule has 0 unspecified atom stereocenters. The van der Waals surface area contributed by atoms with Crippen LogP contribution in [-0.2, 0) is 0 Å². The molecule has 102 valence electrons. The van der Waals surface area contributed by atoms with Gasteiger partial charge < -0.3 is 16.0 Å². The van der Waals surface area contributed by atoms with Gasteiger partial charge in [-0.3, -0.25) is 0 Å². The Labute approximate surface area is 118 Å². The molecule has 0 amide bonds. The number of rotatable bonds is 5. The number of halogens is 1. The summed E-state index contributed by atoms with van der Waals surface area (Å²) in [5.74, 6) is 0.800. The van der Waals surface area contributed by atoms with Gasteiger partial charge in [-0.2, -0.15) is 0 Å². The second kappa shape index (κ2) is 6.08. The maximum atomic E-state index is 6.25. The lowest BCUT2D eigenvalue weighted by Crippen LogP contribution is -2.16. The number of aromatic nitrogens is 1. The second-order valence-corrected chi connectivity index (χ2v) is 5.21. The number of hydrogen-bond acceptors (Lipinski definition) is 4. The molecule has 0 aliphatic carbocycles. The number of pyridine rings is 1. The zero-order valence-corrected chi connectivity index (χ0v) is 12.0. The first-order valence-corrected chi connectivity index (χ1v) is 6.68. The summed E-state index contributed by atoms with van der Waals surface area (Å²) in [6, 6.07) is 5.52. The van der Waals surface area contributed by atoms with Crippen molar-refractivity contribution in [3.8, 4) is 0 Å². The van der Waals surface area contributed by atoms with Gasteiger partial charge in [0.05, 0.1) is 5.02 Å². The van der Waals surface area contributed by atoms with Gasteiger partial charge in [0, 0.05) is 29.2 Å². The molecule has 0 aliphatic heterocycles. The molecule has 1 heterocycles. The molecule has 0 bridgehead atoms. The third-order valence-electron chi connectivity index (χ3n) is 2.98. The van der Waals surface area contributed by atoms with Gasteiger partial charge in [0.2, 0.25) is 0 Å². The summed E-state index contributed by atoms with van der Waals surface area (Å²) < 4.78 is 0. The van der Waals surface area contributed by atoms with Crippen molar-refractivity contribution in [2.45, 2.75) is 6.42 Å². The van der Waals surface area contributed by atoms with E-state index < -0.39 is 0 Å². The van der Waals surface area contributed by atoms with Gasteiger partial charge in [-0.25, -0.2) is 4.98 Å². The third kappa shape index (κ3) is 3.28. The predicted octanol–water partition coefficient (Wildman–Crippen LogP) is 2.83. The monoisotopic (exact) mass is 278 g/mol. The maximum Gasteiger partial charge on any atom is 0.135 e. The van der Waals surface area contributed by atoms with Crippen LogP contribution in [0.15, 0.2) is 24.4 Å². The molecule has 0 atom stereocenters. The third-order valence-corrected chi connectivity index (χ3v) is 3.30. The van der Waals surface area contributed by atoms with E-state index in [1.807, 2.05) is 18.2 Å². The van der Waals surface area contributed by atoms with E-state index in [9.17, 15) is 0 Å². The van der Waals surface area contributed by atoms with Crippen LogP contribution < -0.4 is 11.1 Å². The highest BCUT2D eigenvalue weighted by Crippen LogP contribution is 2.32. The summed E-state index contributed by atoms with van der Waals surface area (Å²) in [5.41, 5.74) is 6.69. The SMILES string of the molecule is CN(C)CCCNc1nccc2c(N)ccc(Cl)c12. The molecule has 0 aliphatic rings. The molecule has 0 radical (unpaired) electrons. The number of nitrogen functional groups attached to an aromatic ring is 1. The molecule has 2 aromatic rings. The first kappa shape index (κ1) is 13.9. The van der Waals surface area contributed by atoms with Crippen LogP contribution >= 0.6 is 11.6 Å². The summed E-state index contributed by atoms with van der Waals surface area (Å²) in [7, 11) is 4.13. The van der Waals surface area contributed by atoms with Crippen LogP contribution in [0.4, 0.5) is 11.5 Å². The molecule has 5 heteroatoms. The highest BCUT2D eigenvalue weighted by molar-refractivity contribution is 6.37. The number of hydrogen-bond donors (Lipinski definition) is 2. The van der Waals surface area contributed by atoms with Crippen molar-refractivity contribution in [3.63, 3.8) is 0 Å². The van der Waals surface area contributed by atoms with Gasteiger partial charge >= 0.3 is 0 Å². The predicted molar refractivity (Wildman–Crippen MR) is 82.8 cm³/mol. The molecule has 0 saturated heterocycles. The fourth-order valence-corrected chi connectivity index (χ4v) is 2.27. The van der Waals surface area contributed by atoms with E-state index in [-0.39, 0.29) is 0 Å². The average Bonchev–Trinajstić information content (AvgIpc) is 2.39. The van der Waals surface area contributed by atoms with Crippen molar-refractivity contribution in [1.29, 1.82) is 0 Å². The molecule has 2 rings (SSSR count). The molecule has 0 saturated carbocycles. The summed E-state index contributed by atoms with van der Waals surface area (Å²) in [5, 5.41) is 5.85. The Morgan fingerprint density at radius 3 is 2.84 bits per heavy atom. The molecular formula is C14H19ClN4. The molecule has 1 aromatic carbocycles. The smallest absolute Gasteiger partial charge is 0.135 e. The normalized spacial score (nSPS) is 11.2. The van der Waals surface area contributed by atoms with Crippen LogP contribution in [0.25, 0.3) is 10.8 Å². The first-order valence-electron chi connectivity index (χ1n) is 6.31. The average molecular weight is 279 g/mol. The molecule has 19 heavy (non-hydrogen) atoms. The van der Waals surface area contributed by atoms with E-state index in [4.69, 9.17) is 17.3 Å². The highest BCUT2D eigenvalue weighted by atomic mass is 35.5.